The second kappa shape index (κ2) is 6.47. The van der Waals surface area contributed by atoms with Crippen molar-refractivity contribution >= 4 is 11.0 Å². The number of nitrogens with zero attached hydrogens (tertiary/aromatic N) is 5. The standard InChI is InChI=1S/C15H9F7N6/c16-13(17,14(18,19)15(20,21)22)10(1-3-23)28-6-8(5-27-28)11-9-2-4-24-12(9)26-7-25-11/h2,4-7,10H,1H2,(H,24,25,26). The number of hydrogen-bond donors (Lipinski definition) is 1. The van der Waals surface area contributed by atoms with Crippen molar-refractivity contribution in [1.29, 1.82) is 5.26 Å². The second-order valence-corrected chi connectivity index (χ2v) is 5.74. The van der Waals surface area contributed by atoms with E-state index >= 15 is 0 Å². The number of aromatic amines is 1. The summed E-state index contributed by atoms with van der Waals surface area (Å²) in [4.78, 5) is 10.6. The quantitative estimate of drug-likeness (QED) is 0.647. The SMILES string of the molecule is N#CCC(n1cc(-c2ncnc3[nH]ccc23)cn1)C(F)(F)C(F)(F)C(F)(F)F. The molecule has 0 amide bonds. The minimum absolute atomic E-state index is 0.0704. The van der Waals surface area contributed by atoms with Crippen LogP contribution < -0.4 is 0 Å². The van der Waals surface area contributed by atoms with Gasteiger partial charge in [0.2, 0.25) is 0 Å². The predicted octanol–water partition coefficient (Wildman–Crippen LogP) is 4.11. The number of aromatic nitrogens is 5. The highest BCUT2D eigenvalue weighted by atomic mass is 19.4. The molecule has 13 heteroatoms. The van der Waals surface area contributed by atoms with E-state index in [9.17, 15) is 30.7 Å². The fourth-order valence-corrected chi connectivity index (χ4v) is 2.61. The fraction of sp³-hybridized carbons (Fsp3) is 0.333. The first-order chi connectivity index (χ1) is 13.0. The summed E-state index contributed by atoms with van der Waals surface area (Å²) in [6.45, 7) is 0. The van der Waals surface area contributed by atoms with E-state index in [4.69, 9.17) is 5.26 Å². The molecular weight excluding hydrogens is 397 g/mol. The molecule has 3 aromatic rings. The van der Waals surface area contributed by atoms with Crippen molar-refractivity contribution in [1.82, 2.24) is 24.7 Å². The molecule has 3 rings (SSSR count). The van der Waals surface area contributed by atoms with Crippen molar-refractivity contribution in [3.63, 3.8) is 0 Å². The van der Waals surface area contributed by atoms with E-state index in [1.807, 2.05) is 0 Å². The van der Waals surface area contributed by atoms with Gasteiger partial charge in [0.1, 0.15) is 18.0 Å². The Hall–Kier alpha value is -3.17. The van der Waals surface area contributed by atoms with E-state index in [-0.39, 0.29) is 15.9 Å². The predicted molar refractivity (Wildman–Crippen MR) is 80.3 cm³/mol. The van der Waals surface area contributed by atoms with Gasteiger partial charge in [0.05, 0.1) is 24.4 Å². The summed E-state index contributed by atoms with van der Waals surface area (Å²) < 4.78 is 92.8. The lowest BCUT2D eigenvalue weighted by Crippen LogP contribution is -2.56. The van der Waals surface area contributed by atoms with Crippen LogP contribution in [0.25, 0.3) is 22.3 Å². The van der Waals surface area contributed by atoms with Gasteiger partial charge < -0.3 is 4.98 Å². The Bertz CT molecular complexity index is 1030. The van der Waals surface area contributed by atoms with Gasteiger partial charge in [0.15, 0.2) is 0 Å². The van der Waals surface area contributed by atoms with Crippen LogP contribution in [0.4, 0.5) is 30.7 Å². The van der Waals surface area contributed by atoms with Crippen LogP contribution >= 0.6 is 0 Å². The lowest BCUT2D eigenvalue weighted by atomic mass is 10.00. The molecule has 0 saturated heterocycles. The molecule has 0 aromatic carbocycles. The lowest BCUT2D eigenvalue weighted by Gasteiger charge is -2.33. The number of alkyl halides is 7. The molecule has 0 aliphatic carbocycles. The van der Waals surface area contributed by atoms with Crippen LogP contribution in [-0.4, -0.2) is 42.8 Å². The number of fused-ring (bicyclic) bond motifs is 1. The summed E-state index contributed by atoms with van der Waals surface area (Å²) in [6.07, 6.45) is -3.38. The summed E-state index contributed by atoms with van der Waals surface area (Å²) in [5, 5.41) is 12.6. The van der Waals surface area contributed by atoms with Crippen LogP contribution in [0.5, 0.6) is 0 Å². The van der Waals surface area contributed by atoms with Crippen LogP contribution in [0.15, 0.2) is 31.0 Å². The Labute approximate surface area is 151 Å². The number of nitrogens with one attached hydrogen (secondary N) is 1. The highest BCUT2D eigenvalue weighted by Gasteiger charge is 2.75. The van der Waals surface area contributed by atoms with Crippen LogP contribution in [0.1, 0.15) is 12.5 Å². The van der Waals surface area contributed by atoms with Crippen molar-refractivity contribution in [2.75, 3.05) is 0 Å². The number of halogens is 7. The topological polar surface area (TPSA) is 83.2 Å². The zero-order chi connectivity index (χ0) is 20.7. The van der Waals surface area contributed by atoms with Gasteiger partial charge in [-0.2, -0.15) is 41.1 Å². The first-order valence-corrected chi connectivity index (χ1v) is 7.52. The van der Waals surface area contributed by atoms with Gasteiger partial charge >= 0.3 is 18.0 Å². The Morgan fingerprint density at radius 3 is 2.50 bits per heavy atom. The van der Waals surface area contributed by atoms with Gasteiger partial charge in [-0.25, -0.2) is 9.97 Å². The molecule has 0 saturated carbocycles. The van der Waals surface area contributed by atoms with Crippen molar-refractivity contribution in [3.05, 3.63) is 31.0 Å². The molecule has 28 heavy (non-hydrogen) atoms. The van der Waals surface area contributed by atoms with E-state index in [0.717, 1.165) is 18.7 Å². The summed E-state index contributed by atoms with van der Waals surface area (Å²) >= 11 is 0. The summed E-state index contributed by atoms with van der Waals surface area (Å²) in [6, 6.07) is -0.100. The van der Waals surface area contributed by atoms with Gasteiger partial charge in [-0.15, -0.1) is 0 Å². The summed E-state index contributed by atoms with van der Waals surface area (Å²) in [5.41, 5.74) is 0.653. The molecule has 1 atom stereocenters. The van der Waals surface area contributed by atoms with Crippen molar-refractivity contribution < 1.29 is 30.7 Å². The van der Waals surface area contributed by atoms with E-state index in [0.29, 0.717) is 11.0 Å². The molecule has 3 aromatic heterocycles. The molecule has 3 heterocycles. The molecule has 0 aliphatic rings. The molecule has 0 radical (unpaired) electrons. The van der Waals surface area contributed by atoms with Crippen LogP contribution in [-0.2, 0) is 0 Å². The van der Waals surface area contributed by atoms with Gasteiger partial charge in [-0.05, 0) is 6.07 Å². The molecule has 6 nitrogen and oxygen atoms in total. The maximum atomic E-state index is 14.1. The largest absolute Gasteiger partial charge is 0.459 e. The van der Waals surface area contributed by atoms with Crippen molar-refractivity contribution in [3.8, 4) is 17.3 Å². The number of H-pyrrole nitrogens is 1. The molecule has 148 valence electrons. The Morgan fingerprint density at radius 1 is 1.14 bits per heavy atom. The number of rotatable bonds is 5. The normalized spacial score (nSPS) is 14.2. The molecule has 0 aliphatic heterocycles. The van der Waals surface area contributed by atoms with E-state index in [1.54, 1.807) is 6.07 Å². The van der Waals surface area contributed by atoms with E-state index < -0.39 is 30.5 Å². The average molecular weight is 406 g/mol. The Balaban J connectivity index is 2.06. The first-order valence-electron chi connectivity index (χ1n) is 7.52. The molecule has 0 bridgehead atoms. The van der Waals surface area contributed by atoms with Gasteiger partial charge in [-0.1, -0.05) is 0 Å². The maximum Gasteiger partial charge on any atom is 0.459 e. The number of hydrogen-bond acceptors (Lipinski definition) is 4. The maximum absolute atomic E-state index is 14.1. The lowest BCUT2D eigenvalue weighted by molar-refractivity contribution is -0.363. The smallest absolute Gasteiger partial charge is 0.346 e. The number of nitriles is 1. The van der Waals surface area contributed by atoms with E-state index in [1.165, 1.54) is 12.3 Å². The second-order valence-electron chi connectivity index (χ2n) is 5.74. The third kappa shape index (κ3) is 2.94. The third-order valence-electron chi connectivity index (χ3n) is 4.03. The average Bonchev–Trinajstić information content (AvgIpc) is 3.27. The Kier molecular flexibility index (Phi) is 4.52. The minimum atomic E-state index is -6.51. The monoisotopic (exact) mass is 406 g/mol. The highest BCUT2D eigenvalue weighted by Crippen LogP contribution is 2.52. The zero-order valence-corrected chi connectivity index (χ0v) is 13.6. The molecule has 1 unspecified atom stereocenters. The molecule has 0 spiro atoms. The van der Waals surface area contributed by atoms with Crippen molar-refractivity contribution in [2.45, 2.75) is 30.5 Å². The van der Waals surface area contributed by atoms with Gasteiger partial charge in [0.25, 0.3) is 0 Å². The third-order valence-corrected chi connectivity index (χ3v) is 4.03. The summed E-state index contributed by atoms with van der Waals surface area (Å²) in [5.74, 6) is -12.0. The van der Waals surface area contributed by atoms with E-state index in [2.05, 4.69) is 20.1 Å². The zero-order valence-electron chi connectivity index (χ0n) is 13.6. The minimum Gasteiger partial charge on any atom is -0.346 e. The fourth-order valence-electron chi connectivity index (χ4n) is 2.61. The Morgan fingerprint density at radius 2 is 1.86 bits per heavy atom. The van der Waals surface area contributed by atoms with Gasteiger partial charge in [0, 0.05) is 23.3 Å². The van der Waals surface area contributed by atoms with Crippen molar-refractivity contribution in [2.24, 2.45) is 0 Å². The van der Waals surface area contributed by atoms with Crippen LogP contribution in [0.2, 0.25) is 0 Å². The highest BCUT2D eigenvalue weighted by molar-refractivity contribution is 5.89. The first kappa shape index (κ1) is 19.6. The molecular formula is C15H9F7N6. The molecule has 1 N–H and O–H groups in total. The molecule has 0 fully saturated rings. The van der Waals surface area contributed by atoms with Crippen LogP contribution in [0, 0.1) is 11.3 Å². The van der Waals surface area contributed by atoms with Crippen LogP contribution in [0.3, 0.4) is 0 Å². The van der Waals surface area contributed by atoms with Gasteiger partial charge in [-0.3, -0.25) is 4.68 Å². The summed E-state index contributed by atoms with van der Waals surface area (Å²) in [7, 11) is 0.